The first-order valence-electron chi connectivity index (χ1n) is 9.19. The van der Waals surface area contributed by atoms with E-state index in [9.17, 15) is 4.79 Å². The Morgan fingerprint density at radius 2 is 1.84 bits per heavy atom. The number of nitrogens with zero attached hydrogens (tertiary/aromatic N) is 2. The van der Waals surface area contributed by atoms with Crippen LogP contribution in [-0.2, 0) is 4.74 Å². The summed E-state index contributed by atoms with van der Waals surface area (Å²) in [5, 5.41) is 3.45. The van der Waals surface area contributed by atoms with E-state index in [1.165, 1.54) is 12.8 Å². The fraction of sp³-hybridized carbons (Fsp3) is 0.684. The van der Waals surface area contributed by atoms with Crippen LogP contribution in [0.25, 0.3) is 0 Å². The van der Waals surface area contributed by atoms with Crippen LogP contribution in [0, 0.1) is 5.41 Å². The first kappa shape index (κ1) is 18.8. The summed E-state index contributed by atoms with van der Waals surface area (Å²) in [5.74, 6) is 0.785. The molecular weight excluding hydrogens is 382 g/mol. The minimum absolute atomic E-state index is 0.179. The maximum Gasteiger partial charge on any atom is 0.523 e. The van der Waals surface area contributed by atoms with Crippen LogP contribution < -0.4 is 9.80 Å². The first-order chi connectivity index (χ1) is 11.7. The molecule has 2 aliphatic heterocycles. The smallest absolute Gasteiger partial charge is 0.414 e. The zero-order chi connectivity index (χ0) is 18.1. The zero-order valence-corrected chi connectivity index (χ0v) is 17.1. The predicted octanol–water partition coefficient (Wildman–Crippen LogP) is 4.25. The Labute approximate surface area is 158 Å². The molecule has 3 heterocycles. The number of likely N-dealkylation sites (tertiary alicyclic amines) is 1. The summed E-state index contributed by atoms with van der Waals surface area (Å²) in [6, 6.07) is 5.80. The average molecular weight is 411 g/mol. The Hall–Kier alpha value is -0.980. The summed E-state index contributed by atoms with van der Waals surface area (Å²) >= 11 is 3.45. The van der Waals surface area contributed by atoms with Crippen LogP contribution >= 0.6 is 15.9 Å². The largest absolute Gasteiger partial charge is 0.523 e. The summed E-state index contributed by atoms with van der Waals surface area (Å²) < 4.78 is 6.77. The molecule has 0 aliphatic carbocycles. The van der Waals surface area contributed by atoms with Gasteiger partial charge in [-0.1, -0.05) is 6.07 Å². The SMILES string of the molecule is CC(C)(C)OC(=O)[N+]1(c2cccc(Br)n2)CCC2(CCNCC2)CC1. The van der Waals surface area contributed by atoms with Crippen LogP contribution in [-0.4, -0.2) is 42.9 Å². The highest BCUT2D eigenvalue weighted by atomic mass is 79.9. The van der Waals surface area contributed by atoms with Gasteiger partial charge in [-0.15, -0.1) is 0 Å². The molecule has 2 saturated heterocycles. The number of nitrogens with one attached hydrogen (secondary N) is 1. The molecule has 138 valence electrons. The number of amides is 1. The van der Waals surface area contributed by atoms with E-state index in [4.69, 9.17) is 4.74 Å². The Bertz CT molecular complexity index is 626. The van der Waals surface area contributed by atoms with Crippen LogP contribution in [0.4, 0.5) is 10.6 Å². The summed E-state index contributed by atoms with van der Waals surface area (Å²) in [5.41, 5.74) is -0.126. The standard InChI is InChI=1S/C19H29BrN3O2/c1-18(2,3)25-17(24)23(16-6-4-5-15(20)22-16)13-9-19(10-14-23)7-11-21-12-8-19/h4-6,21H,7-14H2,1-3H3/q+1. The molecule has 6 heteroatoms. The Morgan fingerprint density at radius 1 is 1.20 bits per heavy atom. The van der Waals surface area contributed by atoms with E-state index in [0.29, 0.717) is 5.41 Å². The Kier molecular flexibility index (Phi) is 5.24. The van der Waals surface area contributed by atoms with Gasteiger partial charge in [0.25, 0.3) is 0 Å². The van der Waals surface area contributed by atoms with Gasteiger partial charge in [0.1, 0.15) is 10.2 Å². The van der Waals surface area contributed by atoms with Gasteiger partial charge in [-0.05, 0) is 74.1 Å². The number of quaternary nitrogens is 1. The zero-order valence-electron chi connectivity index (χ0n) is 15.5. The average Bonchev–Trinajstić information content (AvgIpc) is 2.55. The number of hydrogen-bond donors (Lipinski definition) is 1. The Morgan fingerprint density at radius 3 is 2.40 bits per heavy atom. The highest BCUT2D eigenvalue weighted by Crippen LogP contribution is 2.43. The van der Waals surface area contributed by atoms with E-state index < -0.39 is 5.60 Å². The number of halogens is 1. The van der Waals surface area contributed by atoms with E-state index in [-0.39, 0.29) is 10.6 Å². The van der Waals surface area contributed by atoms with Crippen molar-refractivity contribution in [2.45, 2.75) is 52.1 Å². The quantitative estimate of drug-likeness (QED) is 0.555. The molecule has 0 unspecified atom stereocenters. The number of rotatable bonds is 1. The predicted molar refractivity (Wildman–Crippen MR) is 103 cm³/mol. The first-order valence-corrected chi connectivity index (χ1v) is 9.99. The maximum absolute atomic E-state index is 13.2. The van der Waals surface area contributed by atoms with E-state index in [2.05, 4.69) is 26.2 Å². The summed E-state index contributed by atoms with van der Waals surface area (Å²) in [4.78, 5) is 17.8. The molecule has 2 aliphatic rings. The molecule has 1 aromatic rings. The van der Waals surface area contributed by atoms with Gasteiger partial charge in [0.2, 0.25) is 5.82 Å². The van der Waals surface area contributed by atoms with Crippen LogP contribution in [0.5, 0.6) is 0 Å². The van der Waals surface area contributed by atoms with Crippen molar-refractivity contribution >= 4 is 27.8 Å². The number of hydrogen-bond acceptors (Lipinski definition) is 4. The third-order valence-corrected chi connectivity index (χ3v) is 6.04. The van der Waals surface area contributed by atoms with Gasteiger partial charge in [0, 0.05) is 18.9 Å². The number of carbonyl (C=O) groups excluding carboxylic acids is 1. The molecular formula is C19H29BrN3O2+. The van der Waals surface area contributed by atoms with Gasteiger partial charge in [-0.2, -0.15) is 14.3 Å². The van der Waals surface area contributed by atoms with Crippen molar-refractivity contribution in [1.82, 2.24) is 14.8 Å². The van der Waals surface area contributed by atoms with Gasteiger partial charge >= 0.3 is 6.09 Å². The third-order valence-electron chi connectivity index (χ3n) is 5.59. The molecule has 1 N–H and O–H groups in total. The highest BCUT2D eigenvalue weighted by Gasteiger charge is 2.51. The monoisotopic (exact) mass is 410 g/mol. The lowest BCUT2D eigenvalue weighted by molar-refractivity contribution is 0.00663. The maximum atomic E-state index is 13.2. The van der Waals surface area contributed by atoms with Crippen molar-refractivity contribution in [3.8, 4) is 0 Å². The second-order valence-electron chi connectivity index (χ2n) is 8.46. The van der Waals surface area contributed by atoms with Crippen LogP contribution in [0.2, 0.25) is 0 Å². The minimum atomic E-state index is -0.502. The number of carbonyl (C=O) groups is 1. The van der Waals surface area contributed by atoms with Gasteiger partial charge < -0.3 is 10.1 Å². The normalized spacial score (nSPS) is 22.6. The molecule has 1 aromatic heterocycles. The van der Waals surface area contributed by atoms with Crippen molar-refractivity contribution in [2.75, 3.05) is 26.2 Å². The van der Waals surface area contributed by atoms with Gasteiger partial charge in [0.15, 0.2) is 0 Å². The number of pyridine rings is 1. The number of ether oxygens (including phenoxy) is 1. The fourth-order valence-electron chi connectivity index (χ4n) is 4.04. The molecule has 2 fully saturated rings. The second-order valence-corrected chi connectivity index (χ2v) is 9.28. The van der Waals surface area contributed by atoms with E-state index >= 15 is 0 Å². The van der Waals surface area contributed by atoms with Crippen molar-refractivity contribution in [2.24, 2.45) is 5.41 Å². The van der Waals surface area contributed by atoms with Crippen molar-refractivity contribution in [3.05, 3.63) is 22.8 Å². The molecule has 0 bridgehead atoms. The van der Waals surface area contributed by atoms with E-state index in [1.807, 2.05) is 39.0 Å². The summed E-state index contributed by atoms with van der Waals surface area (Å²) in [6.45, 7) is 9.47. The van der Waals surface area contributed by atoms with E-state index in [1.54, 1.807) is 0 Å². The lowest BCUT2D eigenvalue weighted by Gasteiger charge is -2.47. The van der Waals surface area contributed by atoms with Gasteiger partial charge in [0.05, 0.1) is 13.1 Å². The third kappa shape index (κ3) is 4.07. The lowest BCUT2D eigenvalue weighted by Crippen LogP contribution is -2.62. The molecule has 0 saturated carbocycles. The lowest BCUT2D eigenvalue weighted by atomic mass is 9.71. The Balaban J connectivity index is 1.90. The van der Waals surface area contributed by atoms with Crippen molar-refractivity contribution < 1.29 is 9.53 Å². The molecule has 3 rings (SSSR count). The van der Waals surface area contributed by atoms with Crippen LogP contribution in [0.1, 0.15) is 46.5 Å². The molecule has 1 spiro atoms. The van der Waals surface area contributed by atoms with Crippen molar-refractivity contribution in [3.63, 3.8) is 0 Å². The van der Waals surface area contributed by atoms with Crippen LogP contribution in [0.3, 0.4) is 0 Å². The summed E-state index contributed by atoms with van der Waals surface area (Å²) in [6.07, 6.45) is 4.31. The van der Waals surface area contributed by atoms with Gasteiger partial charge in [-0.3, -0.25) is 0 Å². The second kappa shape index (κ2) is 6.97. The van der Waals surface area contributed by atoms with Crippen LogP contribution in [0.15, 0.2) is 22.8 Å². The molecule has 5 nitrogen and oxygen atoms in total. The minimum Gasteiger partial charge on any atom is -0.414 e. The molecule has 0 atom stereocenters. The fourth-order valence-corrected chi connectivity index (χ4v) is 4.37. The number of aromatic nitrogens is 1. The molecule has 0 radical (unpaired) electrons. The number of piperidine rings is 2. The topological polar surface area (TPSA) is 51.2 Å². The highest BCUT2D eigenvalue weighted by molar-refractivity contribution is 9.10. The van der Waals surface area contributed by atoms with Crippen molar-refractivity contribution in [1.29, 1.82) is 0 Å². The molecule has 0 aromatic carbocycles. The summed E-state index contributed by atoms with van der Waals surface area (Å²) in [7, 11) is 0. The molecule has 1 amide bonds. The van der Waals surface area contributed by atoms with E-state index in [0.717, 1.165) is 49.4 Å². The molecule has 25 heavy (non-hydrogen) atoms. The van der Waals surface area contributed by atoms with Gasteiger partial charge in [-0.25, -0.2) is 0 Å².